The Hall–Kier alpha value is -2.22. The van der Waals surface area contributed by atoms with Crippen molar-refractivity contribution in [3.05, 3.63) is 47.9 Å². The van der Waals surface area contributed by atoms with Crippen molar-refractivity contribution < 1.29 is 18.8 Å². The maximum absolute atomic E-state index is 13.0. The molecule has 0 radical (unpaired) electrons. The van der Waals surface area contributed by atoms with Crippen molar-refractivity contribution in [3.63, 3.8) is 0 Å². The number of fused-ring (bicyclic) bond motifs is 1. The summed E-state index contributed by atoms with van der Waals surface area (Å²) in [4.78, 5) is 21.1. The van der Waals surface area contributed by atoms with E-state index in [2.05, 4.69) is 6.07 Å². The van der Waals surface area contributed by atoms with Crippen LogP contribution in [0, 0.1) is 6.92 Å². The Labute approximate surface area is 162 Å². The van der Waals surface area contributed by atoms with Gasteiger partial charge in [0.2, 0.25) is 0 Å². The number of para-hydroxylation sites is 1. The Morgan fingerprint density at radius 3 is 2.85 bits per heavy atom. The van der Waals surface area contributed by atoms with Gasteiger partial charge in [-0.1, -0.05) is 23.5 Å². The zero-order chi connectivity index (χ0) is 18.6. The van der Waals surface area contributed by atoms with Crippen LogP contribution in [0.25, 0.3) is 10.2 Å². The van der Waals surface area contributed by atoms with E-state index in [0.717, 1.165) is 60.2 Å². The van der Waals surface area contributed by atoms with E-state index in [1.54, 1.807) is 28.4 Å². The summed E-state index contributed by atoms with van der Waals surface area (Å²) in [5, 5.41) is 0.734. The average Bonchev–Trinajstić information content (AvgIpc) is 3.36. The molecule has 1 fully saturated rings. The number of hydrogen-bond acceptors (Lipinski definition) is 5. The molecule has 27 heavy (non-hydrogen) atoms. The Kier molecular flexibility index (Phi) is 5.52. The second-order valence-corrected chi connectivity index (χ2v) is 7.83. The molecule has 1 saturated heterocycles. The lowest BCUT2D eigenvalue weighted by atomic mass is 10.2. The molecule has 3 aromatic rings. The molecular formula is C20H24N3O3S+. The number of carbonyl (C=O) groups excluding carboxylic acids is 1. The minimum atomic E-state index is -0.131. The Bertz CT molecular complexity index is 900. The van der Waals surface area contributed by atoms with Crippen LogP contribution in [-0.4, -0.2) is 50.3 Å². The predicted octanol–water partition coefficient (Wildman–Crippen LogP) is 2.15. The zero-order valence-corrected chi connectivity index (χ0v) is 16.3. The van der Waals surface area contributed by atoms with E-state index in [9.17, 15) is 4.79 Å². The molecule has 1 N–H and O–H groups in total. The van der Waals surface area contributed by atoms with Crippen molar-refractivity contribution in [3.8, 4) is 0 Å². The number of rotatable bonds is 6. The third-order valence-electron chi connectivity index (χ3n) is 4.93. The van der Waals surface area contributed by atoms with Crippen molar-refractivity contribution >= 4 is 32.6 Å². The normalized spacial score (nSPS) is 15.3. The number of quaternary nitrogens is 1. The zero-order valence-electron chi connectivity index (χ0n) is 15.4. The van der Waals surface area contributed by atoms with E-state index in [0.29, 0.717) is 12.3 Å². The van der Waals surface area contributed by atoms with Gasteiger partial charge in [0.25, 0.3) is 5.91 Å². The molecule has 1 aliphatic heterocycles. The first-order valence-corrected chi connectivity index (χ1v) is 10.2. The monoisotopic (exact) mass is 386 g/mol. The molecule has 0 bridgehead atoms. The maximum Gasteiger partial charge on any atom is 0.295 e. The fourth-order valence-electron chi connectivity index (χ4n) is 3.40. The van der Waals surface area contributed by atoms with Gasteiger partial charge in [0.05, 0.1) is 36.2 Å². The fraction of sp³-hybridized carbons (Fsp3) is 0.400. The number of furan rings is 1. The van der Waals surface area contributed by atoms with Gasteiger partial charge in [-0.15, -0.1) is 0 Å². The van der Waals surface area contributed by atoms with Gasteiger partial charge in [0.1, 0.15) is 13.1 Å². The van der Waals surface area contributed by atoms with E-state index in [1.165, 1.54) is 11.2 Å². The van der Waals surface area contributed by atoms with E-state index < -0.39 is 0 Å². The lowest BCUT2D eigenvalue weighted by molar-refractivity contribution is -0.908. The van der Waals surface area contributed by atoms with Crippen LogP contribution in [-0.2, 0) is 4.74 Å². The highest BCUT2D eigenvalue weighted by Crippen LogP contribution is 2.31. The number of thiazole rings is 1. The minimum Gasteiger partial charge on any atom is -0.459 e. The molecule has 0 unspecified atom stereocenters. The van der Waals surface area contributed by atoms with Crippen molar-refractivity contribution in [2.24, 2.45) is 0 Å². The van der Waals surface area contributed by atoms with Gasteiger partial charge in [-0.2, -0.15) is 0 Å². The second-order valence-electron chi connectivity index (χ2n) is 6.82. The summed E-state index contributed by atoms with van der Waals surface area (Å²) in [6.07, 6.45) is 2.45. The van der Waals surface area contributed by atoms with Crippen LogP contribution in [0.15, 0.2) is 41.0 Å². The predicted molar refractivity (Wildman–Crippen MR) is 106 cm³/mol. The number of ether oxygens (including phenoxy) is 1. The molecule has 1 amide bonds. The number of nitrogens with one attached hydrogen (secondary N) is 1. The highest BCUT2D eigenvalue weighted by Gasteiger charge is 2.24. The molecule has 0 spiro atoms. The fourth-order valence-corrected chi connectivity index (χ4v) is 4.47. The van der Waals surface area contributed by atoms with Gasteiger partial charge in [-0.05, 0) is 30.7 Å². The van der Waals surface area contributed by atoms with Gasteiger partial charge in [-0.25, -0.2) is 4.98 Å². The van der Waals surface area contributed by atoms with E-state index in [1.807, 2.05) is 19.1 Å². The molecule has 3 heterocycles. The Morgan fingerprint density at radius 1 is 1.26 bits per heavy atom. The topological polar surface area (TPSA) is 60.0 Å². The summed E-state index contributed by atoms with van der Waals surface area (Å²) in [5.74, 6) is 0.221. The van der Waals surface area contributed by atoms with Crippen LogP contribution in [0.1, 0.15) is 22.5 Å². The first-order valence-electron chi connectivity index (χ1n) is 9.35. The van der Waals surface area contributed by atoms with Crippen molar-refractivity contribution in [2.45, 2.75) is 13.3 Å². The largest absolute Gasteiger partial charge is 0.459 e. The molecule has 6 nitrogen and oxygen atoms in total. The smallest absolute Gasteiger partial charge is 0.295 e. The average molecular weight is 386 g/mol. The lowest BCUT2D eigenvalue weighted by Gasteiger charge is -2.25. The number of hydrogen-bond donors (Lipinski definition) is 1. The first-order chi connectivity index (χ1) is 13.2. The van der Waals surface area contributed by atoms with Gasteiger partial charge in [0.15, 0.2) is 10.9 Å². The molecule has 0 aliphatic carbocycles. The molecule has 0 atom stereocenters. The number of nitrogens with zero attached hydrogens (tertiary/aromatic N) is 2. The quantitative estimate of drug-likeness (QED) is 0.705. The van der Waals surface area contributed by atoms with Crippen LogP contribution >= 0.6 is 11.3 Å². The number of amides is 1. The van der Waals surface area contributed by atoms with Crippen LogP contribution in [0.5, 0.6) is 0 Å². The molecule has 7 heteroatoms. The highest BCUT2D eigenvalue weighted by atomic mass is 32.1. The summed E-state index contributed by atoms with van der Waals surface area (Å²) in [5.41, 5.74) is 2.09. The number of anilines is 1. The molecule has 1 aliphatic rings. The summed E-state index contributed by atoms with van der Waals surface area (Å²) in [6, 6.07) is 9.58. The van der Waals surface area contributed by atoms with Crippen molar-refractivity contribution in [2.75, 3.05) is 44.3 Å². The van der Waals surface area contributed by atoms with Crippen molar-refractivity contribution in [1.29, 1.82) is 0 Å². The van der Waals surface area contributed by atoms with Gasteiger partial charge in [0, 0.05) is 13.0 Å². The van der Waals surface area contributed by atoms with Crippen LogP contribution in [0.4, 0.5) is 5.13 Å². The molecule has 2 aromatic heterocycles. The van der Waals surface area contributed by atoms with Crippen LogP contribution in [0.3, 0.4) is 0 Å². The first kappa shape index (κ1) is 18.2. The van der Waals surface area contributed by atoms with E-state index in [-0.39, 0.29) is 5.91 Å². The molecule has 0 saturated carbocycles. The summed E-state index contributed by atoms with van der Waals surface area (Å²) in [6.45, 7) is 7.41. The van der Waals surface area contributed by atoms with Crippen molar-refractivity contribution in [1.82, 2.24) is 4.98 Å². The molecular weight excluding hydrogens is 362 g/mol. The Morgan fingerprint density at radius 2 is 2.11 bits per heavy atom. The SMILES string of the molecule is Cc1cccc2sc(N(CCC[NH+]3CCOCC3)C(=O)c3ccco3)nc12. The van der Waals surface area contributed by atoms with Crippen LogP contribution < -0.4 is 9.80 Å². The molecule has 4 rings (SSSR count). The number of aromatic nitrogens is 1. The van der Waals surface area contributed by atoms with Gasteiger partial charge >= 0.3 is 0 Å². The minimum absolute atomic E-state index is 0.131. The maximum atomic E-state index is 13.0. The molecule has 1 aromatic carbocycles. The van der Waals surface area contributed by atoms with Gasteiger partial charge < -0.3 is 14.1 Å². The third-order valence-corrected chi connectivity index (χ3v) is 5.97. The standard InChI is InChI=1S/C20H23N3O3S/c1-15-5-2-7-17-18(15)21-20(27-17)23(19(24)16-6-3-12-26-16)9-4-8-22-10-13-25-14-11-22/h2-3,5-7,12H,4,8-11,13-14H2,1H3/p+1. The second kappa shape index (κ2) is 8.21. The summed E-state index contributed by atoms with van der Waals surface area (Å²) >= 11 is 1.56. The Balaban J connectivity index is 1.55. The number of benzene rings is 1. The number of morpholine rings is 1. The van der Waals surface area contributed by atoms with Crippen LogP contribution in [0.2, 0.25) is 0 Å². The molecule has 142 valence electrons. The number of aryl methyl sites for hydroxylation is 1. The third kappa shape index (κ3) is 4.05. The summed E-state index contributed by atoms with van der Waals surface area (Å²) < 4.78 is 11.9. The van der Waals surface area contributed by atoms with E-state index >= 15 is 0 Å². The lowest BCUT2D eigenvalue weighted by Crippen LogP contribution is -3.14. The van der Waals surface area contributed by atoms with E-state index in [4.69, 9.17) is 14.1 Å². The van der Waals surface area contributed by atoms with Gasteiger partial charge in [-0.3, -0.25) is 9.69 Å². The number of carbonyl (C=O) groups is 1. The highest BCUT2D eigenvalue weighted by molar-refractivity contribution is 7.22. The summed E-state index contributed by atoms with van der Waals surface area (Å²) in [7, 11) is 0.